The fourth-order valence-electron chi connectivity index (χ4n) is 1.28. The fourth-order valence-corrected chi connectivity index (χ4v) is 1.28. The van der Waals surface area contributed by atoms with Crippen molar-refractivity contribution in [1.82, 2.24) is 0 Å². The Hall–Kier alpha value is -1.42. The summed E-state index contributed by atoms with van der Waals surface area (Å²) in [5.74, 6) is -0.935. The molecule has 0 aliphatic carbocycles. The first kappa shape index (κ1) is 10.7. The van der Waals surface area contributed by atoms with Gasteiger partial charge in [0.15, 0.2) is 5.78 Å². The molecule has 3 nitrogen and oxygen atoms in total. The summed E-state index contributed by atoms with van der Waals surface area (Å²) < 4.78 is 13.1. The maximum atomic E-state index is 13.1. The van der Waals surface area contributed by atoms with Crippen LogP contribution in [0.15, 0.2) is 12.1 Å². The summed E-state index contributed by atoms with van der Waals surface area (Å²) >= 11 is 0. The zero-order chi connectivity index (χ0) is 10.9. The molecule has 0 bridgehead atoms. The van der Waals surface area contributed by atoms with Crippen molar-refractivity contribution in [1.29, 1.82) is 0 Å². The van der Waals surface area contributed by atoms with Crippen molar-refractivity contribution in [3.63, 3.8) is 0 Å². The average Bonchev–Trinajstić information content (AvgIpc) is 2.12. The lowest BCUT2D eigenvalue weighted by Crippen LogP contribution is -2.20. The van der Waals surface area contributed by atoms with Crippen molar-refractivity contribution < 1.29 is 14.3 Å². The molecule has 0 saturated carbocycles. The molecule has 1 rings (SSSR count). The highest BCUT2D eigenvalue weighted by Gasteiger charge is 2.19. The number of nitrogens with two attached hydrogens (primary N) is 1. The van der Waals surface area contributed by atoms with Crippen LogP contribution in [0.2, 0.25) is 0 Å². The maximum absolute atomic E-state index is 13.1. The Morgan fingerprint density at radius 3 is 2.64 bits per heavy atom. The van der Waals surface area contributed by atoms with Crippen molar-refractivity contribution >= 4 is 5.78 Å². The molecule has 0 saturated heterocycles. The minimum atomic E-state index is -0.967. The predicted octanol–water partition coefficient (Wildman–Crippen LogP) is 1.43. The van der Waals surface area contributed by atoms with Crippen LogP contribution in [0.4, 0.5) is 4.39 Å². The van der Waals surface area contributed by atoms with E-state index in [0.29, 0.717) is 0 Å². The quantitative estimate of drug-likeness (QED) is 0.753. The summed E-state index contributed by atoms with van der Waals surface area (Å²) in [5, 5.41) is 9.44. The summed E-state index contributed by atoms with van der Waals surface area (Å²) in [6, 6.07) is 1.37. The van der Waals surface area contributed by atoms with E-state index < -0.39 is 11.9 Å². The number of aromatic hydroxyl groups is 1. The minimum absolute atomic E-state index is 0.147. The second-order valence-electron chi connectivity index (χ2n) is 3.19. The number of benzene rings is 1. The molecule has 0 aromatic heterocycles. The molecule has 0 aliphatic rings. The first-order valence-corrected chi connectivity index (χ1v) is 4.19. The Morgan fingerprint density at radius 1 is 1.57 bits per heavy atom. The highest BCUT2D eigenvalue weighted by atomic mass is 19.1. The van der Waals surface area contributed by atoms with Crippen molar-refractivity contribution in [2.75, 3.05) is 0 Å². The standard InChI is InChI=1S/C10H12FNO2/c1-5-7(11)3-4-8(14)9(5)10(12)6(2)13/h3-4,10,14H,12H2,1-2H3. The topological polar surface area (TPSA) is 63.3 Å². The second kappa shape index (κ2) is 3.75. The van der Waals surface area contributed by atoms with E-state index >= 15 is 0 Å². The second-order valence-corrected chi connectivity index (χ2v) is 3.19. The van der Waals surface area contributed by atoms with Gasteiger partial charge in [0.05, 0.1) is 6.04 Å². The van der Waals surface area contributed by atoms with Crippen LogP contribution < -0.4 is 5.73 Å². The first-order chi connectivity index (χ1) is 6.45. The van der Waals surface area contributed by atoms with E-state index in [2.05, 4.69) is 0 Å². The number of Topliss-reactive ketones (excluding diaryl/α,β-unsaturated/α-hetero) is 1. The number of hydrogen-bond donors (Lipinski definition) is 2. The van der Waals surface area contributed by atoms with Gasteiger partial charge < -0.3 is 10.8 Å². The zero-order valence-corrected chi connectivity index (χ0v) is 8.04. The third kappa shape index (κ3) is 1.75. The molecule has 0 aliphatic heterocycles. The molecule has 1 aromatic rings. The van der Waals surface area contributed by atoms with Gasteiger partial charge in [-0.2, -0.15) is 0 Å². The van der Waals surface area contributed by atoms with Crippen molar-refractivity contribution in [3.05, 3.63) is 29.1 Å². The van der Waals surface area contributed by atoms with Crippen LogP contribution in [0.5, 0.6) is 5.75 Å². The van der Waals surface area contributed by atoms with E-state index in [1.807, 2.05) is 0 Å². The van der Waals surface area contributed by atoms with Crippen LogP contribution in [0.1, 0.15) is 24.1 Å². The summed E-state index contributed by atoms with van der Waals surface area (Å²) in [4.78, 5) is 11.0. The van der Waals surface area contributed by atoms with E-state index in [1.54, 1.807) is 0 Å². The molecule has 4 heteroatoms. The Kier molecular flexibility index (Phi) is 2.86. The zero-order valence-electron chi connectivity index (χ0n) is 8.04. The Balaban J connectivity index is 3.32. The number of phenolic OH excluding ortho intramolecular Hbond substituents is 1. The molecule has 0 heterocycles. The molecule has 14 heavy (non-hydrogen) atoms. The highest BCUT2D eigenvalue weighted by Crippen LogP contribution is 2.28. The fraction of sp³-hybridized carbons (Fsp3) is 0.300. The summed E-state index contributed by atoms with van der Waals surface area (Å²) in [5.41, 5.74) is 5.91. The first-order valence-electron chi connectivity index (χ1n) is 4.19. The van der Waals surface area contributed by atoms with Gasteiger partial charge >= 0.3 is 0 Å². The summed E-state index contributed by atoms with van der Waals surface area (Å²) in [6.07, 6.45) is 0. The minimum Gasteiger partial charge on any atom is -0.508 e. The average molecular weight is 197 g/mol. The van der Waals surface area contributed by atoms with Gasteiger partial charge in [-0.15, -0.1) is 0 Å². The van der Waals surface area contributed by atoms with E-state index in [-0.39, 0.29) is 22.7 Å². The number of rotatable bonds is 2. The number of phenols is 1. The molecule has 1 unspecified atom stereocenters. The number of halogens is 1. The van der Waals surface area contributed by atoms with Gasteiger partial charge in [-0.25, -0.2) is 4.39 Å². The molecule has 1 aromatic carbocycles. The molecule has 0 radical (unpaired) electrons. The van der Waals surface area contributed by atoms with Crippen LogP contribution >= 0.6 is 0 Å². The molecule has 0 amide bonds. The van der Waals surface area contributed by atoms with Gasteiger partial charge in [0.1, 0.15) is 11.6 Å². The lowest BCUT2D eigenvalue weighted by Gasteiger charge is -2.13. The number of carbonyl (C=O) groups is 1. The van der Waals surface area contributed by atoms with Gasteiger partial charge in [-0.3, -0.25) is 4.79 Å². The number of hydrogen-bond acceptors (Lipinski definition) is 3. The molecule has 3 N–H and O–H groups in total. The van der Waals surface area contributed by atoms with Crippen molar-refractivity contribution in [3.8, 4) is 5.75 Å². The molecule has 76 valence electrons. The SMILES string of the molecule is CC(=O)C(N)c1c(O)ccc(F)c1C. The monoisotopic (exact) mass is 197 g/mol. The molecular formula is C10H12FNO2. The number of carbonyl (C=O) groups excluding carboxylic acids is 1. The van der Waals surface area contributed by atoms with Crippen LogP contribution in [0, 0.1) is 12.7 Å². The third-order valence-electron chi connectivity index (χ3n) is 2.17. The molecular weight excluding hydrogens is 185 g/mol. The summed E-state index contributed by atoms with van der Waals surface area (Å²) in [6.45, 7) is 2.78. The van der Waals surface area contributed by atoms with Crippen LogP contribution in [0.3, 0.4) is 0 Å². The van der Waals surface area contributed by atoms with Gasteiger partial charge in [-0.1, -0.05) is 0 Å². The largest absolute Gasteiger partial charge is 0.508 e. The Labute approximate surface area is 81.4 Å². The van der Waals surface area contributed by atoms with E-state index in [0.717, 1.165) is 6.07 Å². The molecule has 0 spiro atoms. The Morgan fingerprint density at radius 2 is 2.14 bits per heavy atom. The van der Waals surface area contributed by atoms with E-state index in [9.17, 15) is 14.3 Å². The van der Waals surface area contributed by atoms with Crippen LogP contribution in [-0.2, 0) is 4.79 Å². The smallest absolute Gasteiger partial charge is 0.151 e. The van der Waals surface area contributed by atoms with Gasteiger partial charge in [0.2, 0.25) is 0 Å². The predicted molar refractivity (Wildman–Crippen MR) is 50.4 cm³/mol. The maximum Gasteiger partial charge on any atom is 0.151 e. The van der Waals surface area contributed by atoms with Crippen molar-refractivity contribution in [2.45, 2.75) is 19.9 Å². The summed E-state index contributed by atoms with van der Waals surface area (Å²) in [7, 11) is 0. The molecule has 0 fully saturated rings. The third-order valence-corrected chi connectivity index (χ3v) is 2.17. The highest BCUT2D eigenvalue weighted by molar-refractivity contribution is 5.83. The Bertz CT molecular complexity index is 377. The van der Waals surface area contributed by atoms with Crippen LogP contribution in [0.25, 0.3) is 0 Å². The van der Waals surface area contributed by atoms with E-state index in [4.69, 9.17) is 5.73 Å². The van der Waals surface area contributed by atoms with Gasteiger partial charge in [0, 0.05) is 5.56 Å². The lowest BCUT2D eigenvalue weighted by molar-refractivity contribution is -0.118. The number of ketones is 1. The van der Waals surface area contributed by atoms with Gasteiger partial charge in [-0.05, 0) is 31.5 Å². The van der Waals surface area contributed by atoms with Crippen molar-refractivity contribution in [2.24, 2.45) is 5.73 Å². The normalized spacial score (nSPS) is 12.6. The lowest BCUT2D eigenvalue weighted by atomic mass is 9.98. The molecule has 1 atom stereocenters. The van der Waals surface area contributed by atoms with Gasteiger partial charge in [0.25, 0.3) is 0 Å². The van der Waals surface area contributed by atoms with E-state index in [1.165, 1.54) is 19.9 Å². The van der Waals surface area contributed by atoms with Crippen LogP contribution in [-0.4, -0.2) is 10.9 Å².